The van der Waals surface area contributed by atoms with Crippen molar-refractivity contribution in [2.45, 2.75) is 45.3 Å². The van der Waals surface area contributed by atoms with Gasteiger partial charge in [-0.2, -0.15) is 0 Å². The lowest BCUT2D eigenvalue weighted by Gasteiger charge is -2.34. The normalized spacial score (nSPS) is 18.2. The van der Waals surface area contributed by atoms with E-state index in [-0.39, 0.29) is 28.9 Å². The van der Waals surface area contributed by atoms with Crippen LogP contribution < -0.4 is 9.96 Å². The summed E-state index contributed by atoms with van der Waals surface area (Å²) in [5, 5.41) is 18.9. The Labute approximate surface area is 146 Å². The van der Waals surface area contributed by atoms with E-state index >= 15 is 0 Å². The predicted octanol–water partition coefficient (Wildman–Crippen LogP) is 3.70. The van der Waals surface area contributed by atoms with Gasteiger partial charge in [-0.15, -0.1) is 5.23 Å². The van der Waals surface area contributed by atoms with Crippen molar-refractivity contribution in [2.24, 2.45) is 0 Å². The van der Waals surface area contributed by atoms with Gasteiger partial charge in [0, 0.05) is 17.6 Å². The summed E-state index contributed by atoms with van der Waals surface area (Å²) >= 11 is 5.94. The van der Waals surface area contributed by atoms with E-state index < -0.39 is 5.60 Å². The molecule has 1 saturated heterocycles. The third-order valence-corrected chi connectivity index (χ3v) is 3.70. The summed E-state index contributed by atoms with van der Waals surface area (Å²) in [7, 11) is 0. The fourth-order valence-electron chi connectivity index (χ4n) is 2.45. The van der Waals surface area contributed by atoms with Crippen LogP contribution in [0.2, 0.25) is 5.02 Å². The Morgan fingerprint density at radius 3 is 2.71 bits per heavy atom. The van der Waals surface area contributed by atoms with Gasteiger partial charge < -0.3 is 14.4 Å². The molecule has 1 heterocycles. The van der Waals surface area contributed by atoms with E-state index in [4.69, 9.17) is 21.1 Å². The Bertz CT molecular complexity index is 588. The SMILES string of the molecule is CC(C)(C)OC(=O)N1CCC[C@H](Oc2cc(Cl)ccc2N(O)O)C1. The van der Waals surface area contributed by atoms with Crippen molar-refractivity contribution >= 4 is 23.4 Å². The third kappa shape index (κ3) is 5.15. The second kappa shape index (κ2) is 7.46. The van der Waals surface area contributed by atoms with Crippen molar-refractivity contribution in [1.82, 2.24) is 4.90 Å². The maximum Gasteiger partial charge on any atom is 0.410 e. The maximum atomic E-state index is 12.2. The van der Waals surface area contributed by atoms with Gasteiger partial charge in [0.2, 0.25) is 0 Å². The lowest BCUT2D eigenvalue weighted by atomic mass is 10.1. The molecule has 1 aliphatic heterocycles. The molecule has 2 rings (SSSR count). The second-order valence-electron chi connectivity index (χ2n) is 6.71. The van der Waals surface area contributed by atoms with Crippen LogP contribution in [-0.2, 0) is 4.74 Å². The highest BCUT2D eigenvalue weighted by atomic mass is 35.5. The smallest absolute Gasteiger partial charge is 0.410 e. The van der Waals surface area contributed by atoms with Crippen molar-refractivity contribution in [3.8, 4) is 5.75 Å². The number of hydrogen-bond donors (Lipinski definition) is 2. The minimum Gasteiger partial charge on any atom is -0.486 e. The number of ether oxygens (including phenoxy) is 2. The predicted molar refractivity (Wildman–Crippen MR) is 89.0 cm³/mol. The van der Waals surface area contributed by atoms with E-state index in [1.807, 2.05) is 20.8 Å². The molecule has 0 saturated carbocycles. The summed E-state index contributed by atoms with van der Waals surface area (Å²) < 4.78 is 11.2. The molecule has 0 bridgehead atoms. The molecular weight excluding hydrogens is 336 g/mol. The van der Waals surface area contributed by atoms with Crippen LogP contribution in [0.3, 0.4) is 0 Å². The molecule has 8 heteroatoms. The van der Waals surface area contributed by atoms with Gasteiger partial charge >= 0.3 is 6.09 Å². The average molecular weight is 359 g/mol. The number of piperidine rings is 1. The molecule has 24 heavy (non-hydrogen) atoms. The molecule has 0 spiro atoms. The molecule has 134 valence electrons. The monoisotopic (exact) mass is 358 g/mol. The number of amides is 1. The fourth-order valence-corrected chi connectivity index (χ4v) is 2.62. The zero-order valence-corrected chi connectivity index (χ0v) is 14.8. The summed E-state index contributed by atoms with van der Waals surface area (Å²) in [6.07, 6.45) is 0.834. The average Bonchev–Trinajstić information content (AvgIpc) is 2.45. The van der Waals surface area contributed by atoms with Gasteiger partial charge in [0.05, 0.1) is 6.54 Å². The molecule has 1 fully saturated rings. The topological polar surface area (TPSA) is 82.5 Å². The second-order valence-corrected chi connectivity index (χ2v) is 7.15. The molecule has 0 unspecified atom stereocenters. The number of likely N-dealkylation sites (tertiary alicyclic amines) is 1. The van der Waals surface area contributed by atoms with E-state index in [1.165, 1.54) is 18.2 Å². The molecule has 1 aromatic rings. The first-order chi connectivity index (χ1) is 11.2. The Kier molecular flexibility index (Phi) is 5.79. The van der Waals surface area contributed by atoms with Crippen molar-refractivity contribution in [2.75, 3.05) is 18.3 Å². The minimum absolute atomic E-state index is 0.0138. The molecule has 0 radical (unpaired) electrons. The van der Waals surface area contributed by atoms with Crippen molar-refractivity contribution in [3.63, 3.8) is 0 Å². The van der Waals surface area contributed by atoms with Crippen LogP contribution in [-0.4, -0.2) is 46.2 Å². The van der Waals surface area contributed by atoms with E-state index in [2.05, 4.69) is 0 Å². The van der Waals surface area contributed by atoms with Gasteiger partial charge in [-0.3, -0.25) is 10.4 Å². The summed E-state index contributed by atoms with van der Waals surface area (Å²) in [6.45, 7) is 6.41. The van der Waals surface area contributed by atoms with Crippen molar-refractivity contribution in [1.29, 1.82) is 0 Å². The Morgan fingerprint density at radius 1 is 1.38 bits per heavy atom. The van der Waals surface area contributed by atoms with Crippen LogP contribution in [0.15, 0.2) is 18.2 Å². The maximum absolute atomic E-state index is 12.2. The lowest BCUT2D eigenvalue weighted by Crippen LogP contribution is -2.46. The highest BCUT2D eigenvalue weighted by Crippen LogP contribution is 2.32. The van der Waals surface area contributed by atoms with Gasteiger partial charge in [0.25, 0.3) is 0 Å². The first-order valence-electron chi connectivity index (χ1n) is 7.78. The number of carbonyl (C=O) groups is 1. The molecule has 1 aliphatic rings. The summed E-state index contributed by atoms with van der Waals surface area (Å²) in [6, 6.07) is 4.46. The van der Waals surface area contributed by atoms with Gasteiger partial charge in [0.1, 0.15) is 23.1 Å². The number of halogens is 1. The summed E-state index contributed by atoms with van der Waals surface area (Å²) in [4.78, 5) is 13.8. The quantitative estimate of drug-likeness (QED) is 0.801. The minimum atomic E-state index is -0.556. The molecule has 0 aliphatic carbocycles. The number of benzene rings is 1. The Balaban J connectivity index is 2.06. The van der Waals surface area contributed by atoms with Gasteiger partial charge in [-0.1, -0.05) is 11.6 Å². The highest BCUT2D eigenvalue weighted by Gasteiger charge is 2.29. The third-order valence-electron chi connectivity index (χ3n) is 3.46. The number of anilines is 1. The van der Waals surface area contributed by atoms with Crippen molar-refractivity contribution < 1.29 is 24.7 Å². The zero-order valence-electron chi connectivity index (χ0n) is 14.0. The van der Waals surface area contributed by atoms with E-state index in [1.54, 1.807) is 4.90 Å². The van der Waals surface area contributed by atoms with Crippen molar-refractivity contribution in [3.05, 3.63) is 23.2 Å². The summed E-state index contributed by atoms with van der Waals surface area (Å²) in [5.74, 6) is 0.239. The standard InChI is InChI=1S/C16H23ClN2O5/c1-16(2,3)24-15(20)18-8-4-5-12(10-18)23-14-9-11(17)6-7-13(14)19(21)22/h6-7,9,12,21-22H,4-5,8,10H2,1-3H3/t12-/m0/s1. The van der Waals surface area contributed by atoms with Crippen LogP contribution in [0.25, 0.3) is 0 Å². The number of nitrogens with zero attached hydrogens (tertiary/aromatic N) is 2. The Morgan fingerprint density at radius 2 is 2.08 bits per heavy atom. The van der Waals surface area contributed by atoms with Crippen LogP contribution in [0, 0.1) is 0 Å². The molecule has 1 atom stereocenters. The van der Waals surface area contributed by atoms with Crippen LogP contribution in [0.1, 0.15) is 33.6 Å². The van der Waals surface area contributed by atoms with Crippen LogP contribution in [0.4, 0.5) is 10.5 Å². The highest BCUT2D eigenvalue weighted by molar-refractivity contribution is 6.30. The molecule has 1 amide bonds. The fraction of sp³-hybridized carbons (Fsp3) is 0.562. The van der Waals surface area contributed by atoms with Gasteiger partial charge in [-0.05, 0) is 45.7 Å². The van der Waals surface area contributed by atoms with Gasteiger partial charge in [-0.25, -0.2) is 4.79 Å². The first kappa shape index (κ1) is 18.6. The number of carbonyl (C=O) groups excluding carboxylic acids is 1. The van der Waals surface area contributed by atoms with Crippen LogP contribution >= 0.6 is 11.6 Å². The van der Waals surface area contributed by atoms with E-state index in [0.29, 0.717) is 18.1 Å². The zero-order chi connectivity index (χ0) is 17.9. The Hall–Kier alpha value is -1.70. The van der Waals surface area contributed by atoms with Crippen LogP contribution in [0.5, 0.6) is 5.75 Å². The summed E-state index contributed by atoms with van der Waals surface area (Å²) in [5.41, 5.74) is -0.479. The molecule has 2 N–H and O–H groups in total. The number of hydrogen-bond acceptors (Lipinski definition) is 6. The molecule has 1 aromatic carbocycles. The largest absolute Gasteiger partial charge is 0.486 e. The first-order valence-corrected chi connectivity index (χ1v) is 8.15. The number of rotatable bonds is 3. The molecular formula is C16H23ClN2O5. The van der Waals surface area contributed by atoms with Gasteiger partial charge in [0.15, 0.2) is 0 Å². The molecule has 7 nitrogen and oxygen atoms in total. The molecule has 0 aromatic heterocycles. The van der Waals surface area contributed by atoms with E-state index in [0.717, 1.165) is 12.8 Å². The lowest BCUT2D eigenvalue weighted by molar-refractivity contribution is 0.00562. The van der Waals surface area contributed by atoms with E-state index in [9.17, 15) is 15.2 Å².